The Morgan fingerprint density at radius 1 is 0.716 bits per heavy atom. The van der Waals surface area contributed by atoms with E-state index < -0.39 is 46.5 Å². The van der Waals surface area contributed by atoms with Gasteiger partial charge in [0, 0.05) is 77.8 Å². The highest BCUT2D eigenvalue weighted by atomic mass is 16.4. The number of aliphatic carboxylic acids is 1. The van der Waals surface area contributed by atoms with Crippen molar-refractivity contribution in [2.45, 2.75) is 98.8 Å². The van der Waals surface area contributed by atoms with Crippen molar-refractivity contribution in [2.75, 3.05) is 33.9 Å². The molecule has 8 aromatic rings. The first-order valence-corrected chi connectivity index (χ1v) is 23.2. The zero-order chi connectivity index (χ0) is 53.4. The lowest BCUT2D eigenvalue weighted by Gasteiger charge is -2.20. The van der Waals surface area contributed by atoms with Gasteiger partial charge in [-0.15, -0.1) is 0 Å². The van der Waals surface area contributed by atoms with Crippen molar-refractivity contribution in [3.63, 3.8) is 0 Å². The summed E-state index contributed by atoms with van der Waals surface area (Å²) in [5.74, 6) is 1.61. The van der Waals surface area contributed by atoms with Crippen molar-refractivity contribution in [1.29, 1.82) is 0 Å². The Bertz CT molecular complexity index is 3520. The van der Waals surface area contributed by atoms with E-state index in [1.165, 1.54) is 61.8 Å². The van der Waals surface area contributed by atoms with Gasteiger partial charge >= 0.3 is 17.3 Å². The van der Waals surface area contributed by atoms with Gasteiger partial charge in [-0.2, -0.15) is 0 Å². The molecule has 27 nitrogen and oxygen atoms in total. The van der Waals surface area contributed by atoms with Crippen LogP contribution in [0.25, 0.3) is 45.1 Å². The summed E-state index contributed by atoms with van der Waals surface area (Å²) in [7, 11) is 2.66. The molecule has 0 aliphatic carbocycles. The second-order valence-corrected chi connectivity index (χ2v) is 16.9. The molecule has 4 atom stereocenters. The molecule has 1 amide bonds. The lowest BCUT2D eigenvalue weighted by molar-refractivity contribution is -0.140. The van der Waals surface area contributed by atoms with Gasteiger partial charge in [0.2, 0.25) is 17.8 Å². The number of nitrogens with one attached hydrogen (secondary N) is 3. The minimum atomic E-state index is -1.09. The van der Waals surface area contributed by atoms with E-state index in [2.05, 4.69) is 88.8 Å². The third-order valence-corrected chi connectivity index (χ3v) is 12.2. The monoisotopic (exact) mass is 1020 g/mol. The van der Waals surface area contributed by atoms with Crippen LogP contribution in [0.5, 0.6) is 0 Å². The average molecular weight is 1020 g/mol. The predicted octanol–water partition coefficient (Wildman–Crippen LogP) is 3.09. The Morgan fingerprint density at radius 2 is 1.15 bits per heavy atom. The third kappa shape index (κ3) is 11.5. The highest BCUT2D eigenvalue weighted by molar-refractivity contribution is 5.93. The number of anilines is 4. The summed E-state index contributed by atoms with van der Waals surface area (Å²) >= 11 is 0. The number of aromatic nitrogens is 16. The number of nitrogens with two attached hydrogens (primary N) is 1. The van der Waals surface area contributed by atoms with Crippen molar-refractivity contribution >= 4 is 57.7 Å². The van der Waals surface area contributed by atoms with Gasteiger partial charge in [-0.3, -0.25) is 33.5 Å². The number of aromatic amines is 2. The van der Waals surface area contributed by atoms with Gasteiger partial charge in [0.15, 0.2) is 34.0 Å². The van der Waals surface area contributed by atoms with Crippen molar-refractivity contribution in [2.24, 2.45) is 14.1 Å². The predicted molar refractivity (Wildman–Crippen MR) is 278 cm³/mol. The molecule has 0 saturated carbocycles. The van der Waals surface area contributed by atoms with E-state index in [9.17, 15) is 28.8 Å². The van der Waals surface area contributed by atoms with Crippen LogP contribution in [0, 0.1) is 0 Å². The molecule has 0 aromatic carbocycles. The van der Waals surface area contributed by atoms with Gasteiger partial charge in [0.25, 0.3) is 11.1 Å². The topological polar surface area (TPSA) is 347 Å². The molecule has 2 saturated heterocycles. The molecule has 0 bridgehead atoms. The van der Waals surface area contributed by atoms with Crippen molar-refractivity contribution in [1.82, 2.24) is 78.1 Å². The number of rotatable bonds is 9. The third-order valence-electron chi connectivity index (χ3n) is 12.2. The minimum Gasteiger partial charge on any atom is -0.480 e. The van der Waals surface area contributed by atoms with E-state index in [0.717, 1.165) is 46.6 Å². The molecule has 10 rings (SSSR count). The molecule has 10 heterocycles. The molecular weight excluding hydrogens is 957 g/mol. The summed E-state index contributed by atoms with van der Waals surface area (Å²) in [6, 6.07) is 2.41. The van der Waals surface area contributed by atoms with E-state index >= 15 is 0 Å². The quantitative estimate of drug-likeness (QED) is 0.139. The van der Waals surface area contributed by atoms with Crippen molar-refractivity contribution < 1.29 is 16.1 Å². The van der Waals surface area contributed by atoms with Crippen molar-refractivity contribution in [3.05, 3.63) is 104 Å². The second-order valence-electron chi connectivity index (χ2n) is 16.9. The van der Waals surface area contributed by atoms with Crippen LogP contribution in [0.2, 0.25) is 0 Å². The van der Waals surface area contributed by atoms with Crippen LogP contribution < -0.4 is 43.3 Å². The van der Waals surface area contributed by atoms with Crippen LogP contribution in [-0.2, 0) is 23.7 Å². The number of carbonyl (C=O) groups is 2. The zero-order valence-corrected chi connectivity index (χ0v) is 41.2. The summed E-state index contributed by atoms with van der Waals surface area (Å²) in [5.41, 5.74) is 5.17. The molecule has 74 heavy (non-hydrogen) atoms. The standard InChI is InChI=1S/C22H24N10O3.C13H16N6.C9H10N4O4.C2H6.CH4/c1-12-5-4-8-31(12)21-24-9-14(10-25-21)17-23-7-6-15(27-17)28-19(33)13(2)32-11-26-18-16(32)20(34)30(3)22(35)29-18;1-9-3-2-6-19(9)13-16-7-10(8-17-13)12-15-5-4-11(14)18-12;1-4(8(15)16)13-3-10-6-5(13)7(14)12(2)9(17)11-6;1-2;/h6-7,9-13H,4-5,8H2,1-3H3,(H,29,35)(H,23,27,28,33);4-5,7-9H,2-3,6H2,1H3,(H2,14,15,18);3-4H,1-2H3,(H,11,17)(H,15,16);1-2H3;1H4/t12-,13+;9-;4-;;/m110../s1/i;;;1D;. The number of carboxylic acid groups (broad SMARTS) is 1. The van der Waals surface area contributed by atoms with Gasteiger partial charge in [0.05, 0.1) is 23.8 Å². The Balaban J connectivity index is 0.000000193. The van der Waals surface area contributed by atoms with Gasteiger partial charge in [-0.25, -0.2) is 64.2 Å². The second kappa shape index (κ2) is 23.5. The summed E-state index contributed by atoms with van der Waals surface area (Å²) in [5, 5.41) is 11.6. The van der Waals surface area contributed by atoms with Crippen molar-refractivity contribution in [3.8, 4) is 22.8 Å². The maximum Gasteiger partial charge on any atom is 0.329 e. The Morgan fingerprint density at radius 3 is 1.57 bits per heavy atom. The van der Waals surface area contributed by atoms with E-state index in [1.807, 2.05) is 0 Å². The SMILES string of the molecule is C.C[C@@H](C(=O)O)n1cnc2[nH]c(=O)n(C)c(=O)c21.C[C@@H]1CCCN1c1ncc(-c2nccc(N)n2)cn1.C[C@@H]1CCCN1c1ncc(-c2nccc(NC(=O)[C@H](C)n3cnc4[nH]c(=O)n(C)c(=O)c43)n2)cn1.[2H]CC. The number of fused-ring (bicyclic) bond motifs is 2. The van der Waals surface area contributed by atoms with Gasteiger partial charge in [-0.05, 0) is 65.5 Å². The van der Waals surface area contributed by atoms with Gasteiger partial charge in [-0.1, -0.05) is 21.3 Å². The highest BCUT2D eigenvalue weighted by Gasteiger charge is 2.25. The number of amides is 1. The van der Waals surface area contributed by atoms with Crippen LogP contribution in [0.1, 0.15) is 88.1 Å². The highest BCUT2D eigenvalue weighted by Crippen LogP contribution is 2.25. The van der Waals surface area contributed by atoms with Crippen LogP contribution in [0.15, 0.2) is 81.1 Å². The van der Waals surface area contributed by atoms with E-state index in [0.29, 0.717) is 48.0 Å². The lowest BCUT2D eigenvalue weighted by atomic mass is 10.2. The first kappa shape index (κ1) is 52.8. The Kier molecular flexibility index (Phi) is 16.7. The molecule has 390 valence electrons. The fourth-order valence-electron chi connectivity index (χ4n) is 7.97. The molecule has 27 heteroatoms. The van der Waals surface area contributed by atoms with E-state index in [-0.39, 0.29) is 35.6 Å². The first-order chi connectivity index (χ1) is 35.4. The summed E-state index contributed by atoms with van der Waals surface area (Å²) in [4.78, 5) is 123. The normalized spacial score (nSPS) is 15.9. The number of carboxylic acids is 1. The minimum absolute atomic E-state index is 0. The Labute approximate surface area is 424 Å². The molecule has 8 aromatic heterocycles. The zero-order valence-electron chi connectivity index (χ0n) is 42.2. The molecule has 2 aliphatic rings. The Hall–Kier alpha value is -9.04. The molecular formula is C47H60N20O7. The molecule has 6 N–H and O–H groups in total. The lowest BCUT2D eigenvalue weighted by Crippen LogP contribution is -2.34. The molecule has 0 unspecified atom stereocenters. The number of hydrogen-bond acceptors (Lipinski definition) is 19. The van der Waals surface area contributed by atoms with Crippen LogP contribution in [0.3, 0.4) is 0 Å². The number of imidazole rings is 2. The first-order valence-electron chi connectivity index (χ1n) is 23.9. The number of H-pyrrole nitrogens is 2. The molecule has 0 spiro atoms. The number of nitrogen functional groups attached to an aromatic ring is 1. The average Bonchev–Trinajstić information content (AvgIpc) is 4.23. The number of carbonyl (C=O) groups excluding carboxylic acids is 1. The van der Waals surface area contributed by atoms with Crippen LogP contribution >= 0.6 is 0 Å². The number of nitrogens with zero attached hydrogens (tertiary/aromatic N) is 16. The summed E-state index contributed by atoms with van der Waals surface area (Å²) in [6.45, 7) is 11.7. The maximum absolute atomic E-state index is 13.0. The fourth-order valence-corrected chi connectivity index (χ4v) is 7.97. The van der Waals surface area contributed by atoms with Gasteiger partial charge < -0.3 is 35.1 Å². The molecule has 2 aliphatic heterocycles. The fraction of sp³-hybridized carbons (Fsp3) is 0.404. The van der Waals surface area contributed by atoms with Crippen LogP contribution in [-0.4, -0.2) is 120 Å². The van der Waals surface area contributed by atoms with Gasteiger partial charge in [0.1, 0.15) is 23.7 Å². The molecule has 0 radical (unpaired) electrons. The number of hydrogen-bond donors (Lipinski definition) is 5. The maximum atomic E-state index is 13.0. The smallest absolute Gasteiger partial charge is 0.329 e. The summed E-state index contributed by atoms with van der Waals surface area (Å²) < 4.78 is 10.6. The van der Waals surface area contributed by atoms with E-state index in [4.69, 9.17) is 12.2 Å². The largest absolute Gasteiger partial charge is 0.480 e. The van der Waals surface area contributed by atoms with E-state index in [1.54, 1.807) is 57.0 Å². The molecule has 2 fully saturated rings. The van der Waals surface area contributed by atoms with Crippen LogP contribution in [0.4, 0.5) is 23.5 Å². The summed E-state index contributed by atoms with van der Waals surface area (Å²) in [6.07, 6.45) is 17.2.